The summed E-state index contributed by atoms with van der Waals surface area (Å²) in [6.07, 6.45) is 15.9. The van der Waals surface area contributed by atoms with E-state index in [0.717, 1.165) is 19.3 Å². The van der Waals surface area contributed by atoms with E-state index in [4.69, 9.17) is 0 Å². The van der Waals surface area contributed by atoms with Gasteiger partial charge >= 0.3 is 17.9 Å². The molecule has 0 aromatic rings. The number of hydrogen-bond acceptors (Lipinski definition) is 3. The SMILES string of the molecule is CCCCCCCC/C=C/CCC[N+](CC(CC)C(=O)O)(CC(CC)C(=O)O)CC(CC)C(=O)O. The van der Waals surface area contributed by atoms with Crippen molar-refractivity contribution >= 4 is 17.9 Å². The number of unbranched alkanes of at least 4 members (excludes halogenated alkanes) is 7. The van der Waals surface area contributed by atoms with Gasteiger partial charge in [-0.25, -0.2) is 0 Å². The lowest BCUT2D eigenvalue weighted by Crippen LogP contribution is -2.58. The van der Waals surface area contributed by atoms with Gasteiger partial charge in [0.25, 0.3) is 0 Å². The van der Waals surface area contributed by atoms with E-state index in [2.05, 4.69) is 19.1 Å². The Morgan fingerprint density at radius 3 is 1.34 bits per heavy atom. The Bertz CT molecular complexity index is 573. The highest BCUT2D eigenvalue weighted by Gasteiger charge is 2.40. The molecule has 0 amide bonds. The molecule has 7 heteroatoms. The lowest BCUT2D eigenvalue weighted by molar-refractivity contribution is -0.935. The van der Waals surface area contributed by atoms with Crippen LogP contribution in [-0.4, -0.2) is 63.9 Å². The molecule has 0 saturated heterocycles. The average Bonchev–Trinajstić information content (AvgIpc) is 2.82. The number of allylic oxidation sites excluding steroid dienone is 2. The number of nitrogens with zero attached hydrogens (tertiary/aromatic N) is 1. The maximum atomic E-state index is 11.9. The first kappa shape index (κ1) is 33.1. The first-order valence-corrected chi connectivity index (χ1v) is 13.8. The van der Waals surface area contributed by atoms with Crippen LogP contribution in [-0.2, 0) is 14.4 Å². The molecule has 7 nitrogen and oxygen atoms in total. The fraction of sp³-hybridized carbons (Fsp3) is 0.821. The molecular weight excluding hydrogens is 446 g/mol. The second-order valence-corrected chi connectivity index (χ2v) is 10.1. The molecule has 0 aliphatic rings. The molecule has 0 aliphatic carbocycles. The Kier molecular flexibility index (Phi) is 18.3. The molecule has 0 rings (SSSR count). The van der Waals surface area contributed by atoms with Gasteiger partial charge in [0.1, 0.15) is 17.8 Å². The number of quaternary nitrogens is 1. The van der Waals surface area contributed by atoms with Crippen molar-refractivity contribution in [3.63, 3.8) is 0 Å². The van der Waals surface area contributed by atoms with Gasteiger partial charge in [-0.15, -0.1) is 0 Å². The second-order valence-electron chi connectivity index (χ2n) is 10.1. The third kappa shape index (κ3) is 14.3. The van der Waals surface area contributed by atoms with Crippen molar-refractivity contribution < 1.29 is 34.2 Å². The van der Waals surface area contributed by atoms with Crippen LogP contribution in [0.25, 0.3) is 0 Å². The first-order chi connectivity index (χ1) is 16.7. The molecule has 35 heavy (non-hydrogen) atoms. The lowest BCUT2D eigenvalue weighted by Gasteiger charge is -2.43. The normalized spacial score (nSPS) is 16.0. The van der Waals surface area contributed by atoms with Gasteiger partial charge in [-0.2, -0.15) is 0 Å². The standard InChI is InChI=1S/C28H51NO6/c1-5-9-10-11-12-13-14-15-16-17-18-19-29(20-23(6-2)26(30)31,21-24(7-3)27(32)33)22-25(8-4)28(34)35/h15-16,23-25H,5-14,17-22H2,1-4H3,(H2-,30,31,32,33,34,35)/p+1/b16-15+. The van der Waals surface area contributed by atoms with Crippen LogP contribution in [0.3, 0.4) is 0 Å². The molecule has 0 radical (unpaired) electrons. The zero-order chi connectivity index (χ0) is 26.7. The molecule has 0 aromatic carbocycles. The van der Waals surface area contributed by atoms with Gasteiger partial charge in [0, 0.05) is 6.42 Å². The molecular formula is C28H52NO6+. The van der Waals surface area contributed by atoms with Crippen LogP contribution in [0.2, 0.25) is 0 Å². The van der Waals surface area contributed by atoms with Crippen LogP contribution >= 0.6 is 0 Å². The van der Waals surface area contributed by atoms with E-state index in [9.17, 15) is 29.7 Å². The summed E-state index contributed by atoms with van der Waals surface area (Å²) >= 11 is 0. The number of hydrogen-bond donors (Lipinski definition) is 3. The quantitative estimate of drug-likeness (QED) is 0.0875. The predicted octanol–water partition coefficient (Wildman–Crippen LogP) is 6.22. The van der Waals surface area contributed by atoms with Gasteiger partial charge < -0.3 is 19.8 Å². The van der Waals surface area contributed by atoms with Gasteiger partial charge in [-0.3, -0.25) is 14.4 Å². The maximum Gasteiger partial charge on any atom is 0.312 e. The zero-order valence-electron chi connectivity index (χ0n) is 22.7. The maximum absolute atomic E-state index is 11.9. The molecule has 3 unspecified atom stereocenters. The molecule has 0 bridgehead atoms. The number of carbonyl (C=O) groups is 3. The van der Waals surface area contributed by atoms with Crippen molar-refractivity contribution in [3.05, 3.63) is 12.2 Å². The van der Waals surface area contributed by atoms with Crippen molar-refractivity contribution in [1.29, 1.82) is 0 Å². The summed E-state index contributed by atoms with van der Waals surface area (Å²) in [4.78, 5) is 35.7. The van der Waals surface area contributed by atoms with Crippen LogP contribution in [0.1, 0.15) is 105 Å². The molecule has 0 aromatic heterocycles. The van der Waals surface area contributed by atoms with E-state index in [1.165, 1.54) is 38.5 Å². The minimum atomic E-state index is -0.902. The molecule has 3 N–H and O–H groups in total. The Balaban J connectivity index is 5.43. The summed E-state index contributed by atoms with van der Waals surface area (Å²) in [5, 5.41) is 29.2. The minimum Gasteiger partial charge on any atom is -0.481 e. The van der Waals surface area contributed by atoms with Crippen molar-refractivity contribution in [1.82, 2.24) is 0 Å². The van der Waals surface area contributed by atoms with Gasteiger partial charge in [0.15, 0.2) is 0 Å². The summed E-state index contributed by atoms with van der Waals surface area (Å²) in [5.41, 5.74) is 0. The summed E-state index contributed by atoms with van der Waals surface area (Å²) in [5.74, 6) is -4.59. The Morgan fingerprint density at radius 1 is 0.600 bits per heavy atom. The Labute approximate surface area is 213 Å². The third-order valence-corrected chi connectivity index (χ3v) is 7.24. The van der Waals surface area contributed by atoms with E-state index < -0.39 is 35.7 Å². The largest absolute Gasteiger partial charge is 0.481 e. The van der Waals surface area contributed by atoms with Gasteiger partial charge in [0.05, 0.1) is 26.2 Å². The topological polar surface area (TPSA) is 112 Å². The number of aliphatic carboxylic acids is 3. The summed E-state index contributed by atoms with van der Waals surface area (Å²) in [7, 11) is 0. The van der Waals surface area contributed by atoms with Crippen molar-refractivity contribution in [3.8, 4) is 0 Å². The van der Waals surface area contributed by atoms with E-state index in [-0.39, 0.29) is 24.1 Å². The highest BCUT2D eigenvalue weighted by molar-refractivity contribution is 5.71. The smallest absolute Gasteiger partial charge is 0.312 e. The van der Waals surface area contributed by atoms with E-state index in [1.54, 1.807) is 0 Å². The molecule has 0 heterocycles. The number of carboxylic acids is 3. The Morgan fingerprint density at radius 2 is 0.971 bits per heavy atom. The lowest BCUT2D eigenvalue weighted by atomic mass is 9.95. The van der Waals surface area contributed by atoms with E-state index in [1.807, 2.05) is 20.8 Å². The number of rotatable bonds is 23. The third-order valence-electron chi connectivity index (χ3n) is 7.24. The second kappa shape index (κ2) is 19.3. The van der Waals surface area contributed by atoms with E-state index >= 15 is 0 Å². The van der Waals surface area contributed by atoms with Crippen LogP contribution in [0.5, 0.6) is 0 Å². The monoisotopic (exact) mass is 498 g/mol. The average molecular weight is 499 g/mol. The highest BCUT2D eigenvalue weighted by atomic mass is 16.4. The summed E-state index contributed by atoms with van der Waals surface area (Å²) < 4.78 is 0.228. The number of carboxylic acid groups (broad SMARTS) is 3. The fourth-order valence-electron chi connectivity index (χ4n) is 4.87. The highest BCUT2D eigenvalue weighted by Crippen LogP contribution is 2.25. The van der Waals surface area contributed by atoms with Crippen LogP contribution in [0.15, 0.2) is 12.2 Å². The van der Waals surface area contributed by atoms with E-state index in [0.29, 0.717) is 25.8 Å². The van der Waals surface area contributed by atoms with Crippen molar-refractivity contribution in [2.75, 3.05) is 26.2 Å². The van der Waals surface area contributed by atoms with Gasteiger partial charge in [-0.1, -0.05) is 72.0 Å². The minimum absolute atomic E-state index is 0.228. The van der Waals surface area contributed by atoms with Gasteiger partial charge in [0.2, 0.25) is 0 Å². The summed E-state index contributed by atoms with van der Waals surface area (Å²) in [6, 6.07) is 0. The molecule has 0 saturated carbocycles. The molecule has 0 spiro atoms. The van der Waals surface area contributed by atoms with Crippen LogP contribution in [0.4, 0.5) is 0 Å². The molecule has 204 valence electrons. The van der Waals surface area contributed by atoms with Crippen molar-refractivity contribution in [2.24, 2.45) is 17.8 Å². The summed E-state index contributed by atoms with van der Waals surface area (Å²) in [6.45, 7) is 9.06. The van der Waals surface area contributed by atoms with Crippen LogP contribution in [0, 0.1) is 17.8 Å². The fourth-order valence-corrected chi connectivity index (χ4v) is 4.87. The van der Waals surface area contributed by atoms with Gasteiger partial charge in [-0.05, 0) is 38.5 Å². The Hall–Kier alpha value is -1.89. The molecule has 0 aliphatic heterocycles. The zero-order valence-corrected chi connectivity index (χ0v) is 22.7. The predicted molar refractivity (Wildman–Crippen MR) is 140 cm³/mol. The molecule has 3 atom stereocenters. The van der Waals surface area contributed by atoms with Crippen molar-refractivity contribution in [2.45, 2.75) is 105 Å². The molecule has 0 fully saturated rings. The first-order valence-electron chi connectivity index (χ1n) is 13.8. The van der Waals surface area contributed by atoms with Crippen LogP contribution < -0.4 is 0 Å².